The summed E-state index contributed by atoms with van der Waals surface area (Å²) < 4.78 is 0. The smallest absolute Gasteiger partial charge is 0.0634 e. The predicted octanol–water partition coefficient (Wildman–Crippen LogP) is 3.09. The van der Waals surface area contributed by atoms with Crippen molar-refractivity contribution in [1.29, 1.82) is 0 Å². The molecule has 0 spiro atoms. The monoisotopic (exact) mass is 293 g/mol. The van der Waals surface area contributed by atoms with Gasteiger partial charge in [0, 0.05) is 43.6 Å². The van der Waals surface area contributed by atoms with Crippen LogP contribution in [0.25, 0.3) is 0 Å². The van der Waals surface area contributed by atoms with E-state index in [4.69, 9.17) is 11.6 Å². The third-order valence-corrected chi connectivity index (χ3v) is 5.44. The molecule has 110 valence electrons. The van der Waals surface area contributed by atoms with Crippen molar-refractivity contribution in [2.24, 2.45) is 5.92 Å². The zero-order valence-electron chi connectivity index (χ0n) is 12.4. The van der Waals surface area contributed by atoms with Crippen molar-refractivity contribution in [3.63, 3.8) is 0 Å². The van der Waals surface area contributed by atoms with E-state index in [1.165, 1.54) is 18.4 Å². The first-order valence-corrected chi connectivity index (χ1v) is 8.07. The molecule has 1 aliphatic heterocycles. The lowest BCUT2D eigenvalue weighted by Gasteiger charge is -2.48. The molecule has 2 aliphatic rings. The molecular weight excluding hydrogens is 270 g/mol. The Kier molecular flexibility index (Phi) is 4.02. The number of piperazine rings is 1. The second kappa shape index (κ2) is 5.63. The van der Waals surface area contributed by atoms with Gasteiger partial charge in [-0.1, -0.05) is 18.5 Å². The maximum atomic E-state index is 6.29. The molecule has 1 N–H and O–H groups in total. The van der Waals surface area contributed by atoms with Gasteiger partial charge in [0.05, 0.1) is 5.02 Å². The summed E-state index contributed by atoms with van der Waals surface area (Å²) in [5.41, 5.74) is 1.41. The van der Waals surface area contributed by atoms with Gasteiger partial charge < -0.3 is 5.32 Å². The van der Waals surface area contributed by atoms with E-state index in [1.807, 2.05) is 12.3 Å². The molecule has 1 saturated carbocycles. The van der Waals surface area contributed by atoms with Crippen LogP contribution in [0.4, 0.5) is 0 Å². The topological polar surface area (TPSA) is 28.2 Å². The van der Waals surface area contributed by atoms with Gasteiger partial charge in [-0.2, -0.15) is 0 Å². The van der Waals surface area contributed by atoms with E-state index in [1.54, 1.807) is 6.20 Å². The first-order chi connectivity index (χ1) is 9.62. The fourth-order valence-corrected chi connectivity index (χ4v) is 3.32. The average Bonchev–Trinajstić information content (AvgIpc) is 3.28. The van der Waals surface area contributed by atoms with Crippen LogP contribution < -0.4 is 5.32 Å². The largest absolute Gasteiger partial charge is 0.311 e. The normalized spacial score (nSPS) is 31.4. The molecule has 2 unspecified atom stereocenters. The summed E-state index contributed by atoms with van der Waals surface area (Å²) in [6.45, 7) is 7.77. The third kappa shape index (κ3) is 2.85. The second-order valence-electron chi connectivity index (χ2n) is 6.52. The lowest BCUT2D eigenvalue weighted by atomic mass is 9.90. The molecule has 1 aromatic rings. The van der Waals surface area contributed by atoms with E-state index in [9.17, 15) is 0 Å². The number of pyridine rings is 1. The summed E-state index contributed by atoms with van der Waals surface area (Å²) in [5.74, 6) is 0.895. The van der Waals surface area contributed by atoms with Crippen LogP contribution in [-0.4, -0.2) is 34.6 Å². The van der Waals surface area contributed by atoms with Crippen molar-refractivity contribution in [2.45, 2.75) is 51.2 Å². The number of hydrogen-bond acceptors (Lipinski definition) is 3. The molecule has 2 atom stereocenters. The molecule has 2 fully saturated rings. The molecule has 4 heteroatoms. The molecule has 1 saturated heterocycles. The average molecular weight is 294 g/mol. The molecule has 0 radical (unpaired) electrons. The molecule has 3 nitrogen and oxygen atoms in total. The van der Waals surface area contributed by atoms with Gasteiger partial charge in [-0.15, -0.1) is 0 Å². The summed E-state index contributed by atoms with van der Waals surface area (Å²) >= 11 is 6.29. The zero-order chi connectivity index (χ0) is 14.2. The van der Waals surface area contributed by atoms with Crippen LogP contribution in [0.15, 0.2) is 18.5 Å². The molecule has 0 bridgehead atoms. The molecular formula is C16H24ClN3. The lowest BCUT2D eigenvalue weighted by Crippen LogP contribution is -2.63. The van der Waals surface area contributed by atoms with Gasteiger partial charge in [0.15, 0.2) is 0 Å². The molecule has 20 heavy (non-hydrogen) atoms. The number of halogens is 1. The highest BCUT2D eigenvalue weighted by Crippen LogP contribution is 2.37. The van der Waals surface area contributed by atoms with Gasteiger partial charge in [-0.25, -0.2) is 0 Å². The van der Waals surface area contributed by atoms with Crippen molar-refractivity contribution in [3.05, 3.63) is 29.0 Å². The number of rotatable bonds is 4. The highest BCUT2D eigenvalue weighted by molar-refractivity contribution is 6.31. The highest BCUT2D eigenvalue weighted by Gasteiger charge is 2.41. The fraction of sp³-hybridized carbons (Fsp3) is 0.688. The molecule has 1 aromatic heterocycles. The van der Waals surface area contributed by atoms with E-state index in [-0.39, 0.29) is 5.54 Å². The van der Waals surface area contributed by atoms with Crippen LogP contribution in [0.5, 0.6) is 0 Å². The molecule has 1 aliphatic carbocycles. The quantitative estimate of drug-likeness (QED) is 0.925. The van der Waals surface area contributed by atoms with Crippen molar-refractivity contribution in [2.75, 3.05) is 13.1 Å². The summed E-state index contributed by atoms with van der Waals surface area (Å²) in [7, 11) is 0. The maximum Gasteiger partial charge on any atom is 0.0634 e. The van der Waals surface area contributed by atoms with Gasteiger partial charge in [0.2, 0.25) is 0 Å². The van der Waals surface area contributed by atoms with Crippen LogP contribution >= 0.6 is 11.6 Å². The highest BCUT2D eigenvalue weighted by atomic mass is 35.5. The maximum absolute atomic E-state index is 6.29. The third-order valence-electron chi connectivity index (χ3n) is 5.10. The van der Waals surface area contributed by atoms with E-state index in [0.717, 1.165) is 37.0 Å². The van der Waals surface area contributed by atoms with Crippen molar-refractivity contribution >= 4 is 11.6 Å². The number of hydrogen-bond donors (Lipinski definition) is 1. The first-order valence-electron chi connectivity index (χ1n) is 7.69. The lowest BCUT2D eigenvalue weighted by molar-refractivity contribution is 0.0369. The van der Waals surface area contributed by atoms with Gasteiger partial charge >= 0.3 is 0 Å². The predicted molar refractivity (Wildman–Crippen MR) is 82.9 cm³/mol. The Labute approximate surface area is 126 Å². The Morgan fingerprint density at radius 2 is 2.30 bits per heavy atom. The number of nitrogens with one attached hydrogen (secondary N) is 1. The van der Waals surface area contributed by atoms with Crippen molar-refractivity contribution in [3.8, 4) is 0 Å². The van der Waals surface area contributed by atoms with Crippen LogP contribution in [0.1, 0.15) is 38.7 Å². The van der Waals surface area contributed by atoms with Crippen LogP contribution in [0.2, 0.25) is 5.02 Å². The fourth-order valence-electron chi connectivity index (χ4n) is 3.14. The molecule has 2 heterocycles. The van der Waals surface area contributed by atoms with Crippen LogP contribution in [0, 0.1) is 5.92 Å². The summed E-state index contributed by atoms with van der Waals surface area (Å²) in [4.78, 5) is 6.70. The number of aromatic nitrogens is 1. The number of nitrogens with zero attached hydrogens (tertiary/aromatic N) is 2. The molecule has 0 aromatic carbocycles. The molecule has 3 rings (SSSR count). The molecule has 0 amide bonds. The van der Waals surface area contributed by atoms with Crippen molar-refractivity contribution < 1.29 is 0 Å². The van der Waals surface area contributed by atoms with Gasteiger partial charge in [0.1, 0.15) is 0 Å². The minimum Gasteiger partial charge on any atom is -0.311 e. The minimum absolute atomic E-state index is 0.220. The Morgan fingerprint density at radius 1 is 1.50 bits per heavy atom. The van der Waals surface area contributed by atoms with E-state index < -0.39 is 0 Å². The Hall–Kier alpha value is -0.640. The van der Waals surface area contributed by atoms with E-state index >= 15 is 0 Å². The standard InChI is InChI=1S/C16H24ClN3/c1-3-16(2)11-19-15(12-4-5-12)10-20(16)9-13-6-7-18-8-14(13)17/h6-8,12,15,19H,3-5,9-11H2,1-2H3. The summed E-state index contributed by atoms with van der Waals surface area (Å²) in [5, 5.41) is 4.55. The van der Waals surface area contributed by atoms with E-state index in [2.05, 4.69) is 29.0 Å². The summed E-state index contributed by atoms with van der Waals surface area (Å²) in [6, 6.07) is 2.71. The Balaban J connectivity index is 1.77. The SMILES string of the molecule is CCC1(C)CNC(C2CC2)CN1Cc1ccncc1Cl. The van der Waals surface area contributed by atoms with Gasteiger partial charge in [-0.3, -0.25) is 9.88 Å². The second-order valence-corrected chi connectivity index (χ2v) is 6.93. The summed E-state index contributed by atoms with van der Waals surface area (Å²) in [6.07, 6.45) is 7.53. The Morgan fingerprint density at radius 3 is 2.95 bits per heavy atom. The van der Waals surface area contributed by atoms with Crippen molar-refractivity contribution in [1.82, 2.24) is 15.2 Å². The van der Waals surface area contributed by atoms with E-state index in [0.29, 0.717) is 6.04 Å². The van der Waals surface area contributed by atoms with Gasteiger partial charge in [-0.05, 0) is 43.7 Å². The zero-order valence-corrected chi connectivity index (χ0v) is 13.2. The minimum atomic E-state index is 0.220. The first kappa shape index (κ1) is 14.3. The van der Waals surface area contributed by atoms with Crippen LogP contribution in [-0.2, 0) is 6.54 Å². The van der Waals surface area contributed by atoms with Gasteiger partial charge in [0.25, 0.3) is 0 Å². The Bertz CT molecular complexity index is 475. The van der Waals surface area contributed by atoms with Crippen LogP contribution in [0.3, 0.4) is 0 Å².